The molecule has 0 spiro atoms. The van der Waals surface area contributed by atoms with Crippen molar-refractivity contribution in [3.05, 3.63) is 47.3 Å². The summed E-state index contributed by atoms with van der Waals surface area (Å²) < 4.78 is 11.4. The van der Waals surface area contributed by atoms with E-state index in [0.29, 0.717) is 5.92 Å². The maximum atomic E-state index is 6.09. The Morgan fingerprint density at radius 1 is 1.29 bits per heavy atom. The number of halogens is 1. The third kappa shape index (κ3) is 5.62. The second-order valence-electron chi connectivity index (χ2n) is 7.18. The average molecular weight is 498 g/mol. The zero-order valence-corrected chi connectivity index (χ0v) is 19.5. The molecule has 0 saturated carbocycles. The monoisotopic (exact) mass is 498 g/mol. The molecule has 2 heterocycles. The van der Waals surface area contributed by atoms with Crippen molar-refractivity contribution in [2.24, 2.45) is 4.99 Å². The van der Waals surface area contributed by atoms with Gasteiger partial charge in [0, 0.05) is 51.0 Å². The quantitative estimate of drug-likeness (QED) is 0.382. The zero-order valence-electron chi connectivity index (χ0n) is 17.1. The van der Waals surface area contributed by atoms with Crippen molar-refractivity contribution in [2.75, 3.05) is 26.7 Å². The number of hydrogen-bond acceptors (Lipinski definition) is 4. The second-order valence-corrected chi connectivity index (χ2v) is 7.18. The first-order valence-corrected chi connectivity index (χ1v) is 9.68. The summed E-state index contributed by atoms with van der Waals surface area (Å²) in [5.41, 5.74) is 2.16. The van der Waals surface area contributed by atoms with Gasteiger partial charge in [0.1, 0.15) is 17.6 Å². The first kappa shape index (κ1) is 22.5. The van der Waals surface area contributed by atoms with Gasteiger partial charge in [0.25, 0.3) is 0 Å². The van der Waals surface area contributed by atoms with Gasteiger partial charge in [0.2, 0.25) is 0 Å². The summed E-state index contributed by atoms with van der Waals surface area (Å²) in [7, 11) is 1.84. The van der Waals surface area contributed by atoms with Gasteiger partial charge < -0.3 is 19.5 Å². The SMILES string of the molecule is CN=C(NCC(C)c1c(C)noc1C)N1CCC(Oc2ccccc2)CC1.I. The molecular formula is C21H31IN4O2. The van der Waals surface area contributed by atoms with E-state index in [9.17, 15) is 0 Å². The number of hydrogen-bond donors (Lipinski definition) is 1. The molecule has 1 aliphatic heterocycles. The number of benzene rings is 1. The predicted octanol–water partition coefficient (Wildman–Crippen LogP) is 4.13. The molecule has 1 aromatic heterocycles. The molecule has 1 saturated heterocycles. The minimum Gasteiger partial charge on any atom is -0.490 e. The van der Waals surface area contributed by atoms with Crippen LogP contribution in [0.5, 0.6) is 5.75 Å². The maximum absolute atomic E-state index is 6.09. The minimum atomic E-state index is 0. The largest absolute Gasteiger partial charge is 0.490 e. The molecule has 1 atom stereocenters. The van der Waals surface area contributed by atoms with E-state index in [4.69, 9.17) is 9.26 Å². The number of aliphatic imine (C=N–C) groups is 1. The van der Waals surface area contributed by atoms with Crippen molar-refractivity contribution in [1.82, 2.24) is 15.4 Å². The van der Waals surface area contributed by atoms with Gasteiger partial charge in [-0.2, -0.15) is 0 Å². The molecule has 154 valence electrons. The number of aromatic nitrogens is 1. The van der Waals surface area contributed by atoms with Gasteiger partial charge in [0.05, 0.1) is 5.69 Å². The Balaban J connectivity index is 0.00000280. The van der Waals surface area contributed by atoms with E-state index in [0.717, 1.165) is 55.6 Å². The van der Waals surface area contributed by atoms with Crippen LogP contribution < -0.4 is 10.1 Å². The highest BCUT2D eigenvalue weighted by atomic mass is 127. The standard InChI is InChI=1S/C21H30N4O2.HI/c1-15(20-16(2)24-27-17(20)3)14-23-21(22-4)25-12-10-19(11-13-25)26-18-8-6-5-7-9-18;/h5-9,15,19H,10-14H2,1-4H3,(H,22,23);1H. The van der Waals surface area contributed by atoms with Crippen LogP contribution in [0, 0.1) is 13.8 Å². The summed E-state index contributed by atoms with van der Waals surface area (Å²) in [5.74, 6) is 3.11. The summed E-state index contributed by atoms with van der Waals surface area (Å²) >= 11 is 0. The molecule has 0 amide bonds. The van der Waals surface area contributed by atoms with Gasteiger partial charge in [-0.15, -0.1) is 24.0 Å². The van der Waals surface area contributed by atoms with Crippen LogP contribution in [0.2, 0.25) is 0 Å². The lowest BCUT2D eigenvalue weighted by Gasteiger charge is -2.34. The van der Waals surface area contributed by atoms with Crippen LogP contribution in [0.15, 0.2) is 39.8 Å². The lowest BCUT2D eigenvalue weighted by atomic mass is 9.99. The van der Waals surface area contributed by atoms with Crippen molar-refractivity contribution in [3.8, 4) is 5.75 Å². The number of para-hydroxylation sites is 1. The molecule has 6 nitrogen and oxygen atoms in total. The Labute approximate surface area is 184 Å². The van der Waals surface area contributed by atoms with Crippen LogP contribution in [-0.2, 0) is 0 Å². The molecule has 1 aromatic carbocycles. The Hall–Kier alpha value is -1.77. The topological polar surface area (TPSA) is 62.9 Å². The fraction of sp³-hybridized carbons (Fsp3) is 0.524. The van der Waals surface area contributed by atoms with Crippen LogP contribution in [0.25, 0.3) is 0 Å². The molecular weight excluding hydrogens is 467 g/mol. The van der Waals surface area contributed by atoms with Crippen molar-refractivity contribution < 1.29 is 9.26 Å². The van der Waals surface area contributed by atoms with E-state index in [1.807, 2.05) is 51.2 Å². The Bertz CT molecular complexity index is 736. The highest BCUT2D eigenvalue weighted by molar-refractivity contribution is 14.0. The summed E-state index contributed by atoms with van der Waals surface area (Å²) in [6.45, 7) is 8.84. The van der Waals surface area contributed by atoms with Crippen LogP contribution in [-0.4, -0.2) is 48.8 Å². The normalized spacial score (nSPS) is 16.4. The Kier molecular flexibility index (Phi) is 8.59. The van der Waals surface area contributed by atoms with E-state index in [-0.39, 0.29) is 30.1 Å². The second kappa shape index (κ2) is 10.7. The third-order valence-corrected chi connectivity index (χ3v) is 5.15. The van der Waals surface area contributed by atoms with Crippen molar-refractivity contribution in [1.29, 1.82) is 0 Å². The molecule has 1 unspecified atom stereocenters. The Morgan fingerprint density at radius 3 is 2.54 bits per heavy atom. The van der Waals surface area contributed by atoms with Crippen LogP contribution >= 0.6 is 24.0 Å². The third-order valence-electron chi connectivity index (χ3n) is 5.15. The van der Waals surface area contributed by atoms with Crippen molar-refractivity contribution >= 4 is 29.9 Å². The van der Waals surface area contributed by atoms with Crippen molar-refractivity contribution in [3.63, 3.8) is 0 Å². The fourth-order valence-electron chi connectivity index (χ4n) is 3.75. The van der Waals surface area contributed by atoms with Crippen molar-refractivity contribution in [2.45, 2.75) is 45.6 Å². The summed E-state index contributed by atoms with van der Waals surface area (Å²) in [6.07, 6.45) is 2.26. The molecule has 0 aliphatic carbocycles. The average Bonchev–Trinajstić information content (AvgIpc) is 3.02. The van der Waals surface area contributed by atoms with Gasteiger partial charge in [0.15, 0.2) is 5.96 Å². The van der Waals surface area contributed by atoms with E-state index in [1.54, 1.807) is 0 Å². The highest BCUT2D eigenvalue weighted by Gasteiger charge is 2.23. The predicted molar refractivity (Wildman–Crippen MR) is 123 cm³/mol. The number of ether oxygens (including phenoxy) is 1. The van der Waals surface area contributed by atoms with Gasteiger partial charge in [-0.05, 0) is 26.0 Å². The molecule has 2 aromatic rings. The highest BCUT2D eigenvalue weighted by Crippen LogP contribution is 2.23. The summed E-state index contributed by atoms with van der Waals surface area (Å²) in [4.78, 5) is 6.78. The Morgan fingerprint density at radius 2 is 1.96 bits per heavy atom. The molecule has 0 bridgehead atoms. The molecule has 7 heteroatoms. The molecule has 1 fully saturated rings. The lowest BCUT2D eigenvalue weighted by molar-refractivity contribution is 0.129. The number of rotatable bonds is 5. The van der Waals surface area contributed by atoms with Gasteiger partial charge >= 0.3 is 0 Å². The molecule has 1 aliphatic rings. The fourth-order valence-corrected chi connectivity index (χ4v) is 3.75. The summed E-state index contributed by atoms with van der Waals surface area (Å²) in [5, 5.41) is 7.57. The molecule has 1 N–H and O–H groups in total. The summed E-state index contributed by atoms with van der Waals surface area (Å²) in [6, 6.07) is 10.1. The first-order chi connectivity index (χ1) is 13.1. The number of nitrogens with zero attached hydrogens (tertiary/aromatic N) is 3. The number of nitrogens with one attached hydrogen (secondary N) is 1. The molecule has 28 heavy (non-hydrogen) atoms. The van der Waals surface area contributed by atoms with Gasteiger partial charge in [-0.1, -0.05) is 30.3 Å². The zero-order chi connectivity index (χ0) is 19.2. The molecule has 0 radical (unpaired) electrons. The lowest BCUT2D eigenvalue weighted by Crippen LogP contribution is -2.48. The minimum absolute atomic E-state index is 0. The number of piperidine rings is 1. The van der Waals surface area contributed by atoms with Crippen LogP contribution in [0.3, 0.4) is 0 Å². The smallest absolute Gasteiger partial charge is 0.193 e. The first-order valence-electron chi connectivity index (χ1n) is 9.68. The maximum Gasteiger partial charge on any atom is 0.193 e. The van der Waals surface area contributed by atoms with Gasteiger partial charge in [-0.3, -0.25) is 4.99 Å². The van der Waals surface area contributed by atoms with E-state index in [2.05, 4.69) is 27.3 Å². The van der Waals surface area contributed by atoms with E-state index in [1.165, 1.54) is 5.56 Å². The number of aryl methyl sites for hydroxylation is 2. The number of guanidine groups is 1. The molecule has 3 rings (SSSR count). The number of likely N-dealkylation sites (tertiary alicyclic amines) is 1. The van der Waals surface area contributed by atoms with E-state index >= 15 is 0 Å². The van der Waals surface area contributed by atoms with E-state index < -0.39 is 0 Å². The van der Waals surface area contributed by atoms with Gasteiger partial charge in [-0.25, -0.2) is 0 Å². The van der Waals surface area contributed by atoms with Crippen LogP contribution in [0.4, 0.5) is 0 Å². The van der Waals surface area contributed by atoms with Crippen LogP contribution in [0.1, 0.15) is 42.7 Å².